The second-order valence-corrected chi connectivity index (χ2v) is 8.93. The lowest BCUT2D eigenvalue weighted by molar-refractivity contribution is -0.144. The van der Waals surface area contributed by atoms with Gasteiger partial charge in [-0.25, -0.2) is 0 Å². The van der Waals surface area contributed by atoms with E-state index in [1.165, 1.54) is 0 Å². The molecule has 3 atom stereocenters. The number of amides is 2. The monoisotopic (exact) mass is 396 g/mol. The molecule has 7 heteroatoms. The molecule has 2 amide bonds. The number of piperidine rings is 3. The molecule has 5 rings (SSSR count). The summed E-state index contributed by atoms with van der Waals surface area (Å²) in [5.74, 6) is 2.17. The van der Waals surface area contributed by atoms with Gasteiger partial charge in [-0.1, -0.05) is 0 Å². The highest BCUT2D eigenvalue weighted by Gasteiger charge is 2.45. The summed E-state index contributed by atoms with van der Waals surface area (Å²) in [7, 11) is 0. The van der Waals surface area contributed by atoms with Crippen LogP contribution in [0.15, 0.2) is 22.6 Å². The Morgan fingerprint density at radius 2 is 2.10 bits per heavy atom. The summed E-state index contributed by atoms with van der Waals surface area (Å²) in [5.41, 5.74) is 2.04. The highest BCUT2D eigenvalue weighted by molar-refractivity contribution is 5.91. The molecule has 0 N–H and O–H groups in total. The third kappa shape index (κ3) is 3.36. The summed E-state index contributed by atoms with van der Waals surface area (Å²) < 4.78 is 7.79. The van der Waals surface area contributed by atoms with E-state index < -0.39 is 0 Å². The van der Waals surface area contributed by atoms with Crippen LogP contribution >= 0.6 is 0 Å². The van der Waals surface area contributed by atoms with Crippen molar-refractivity contribution in [2.24, 2.45) is 11.8 Å². The first-order valence-electron chi connectivity index (χ1n) is 10.7. The van der Waals surface area contributed by atoms with Gasteiger partial charge in [-0.05, 0) is 63.1 Å². The predicted octanol–water partition coefficient (Wildman–Crippen LogP) is 2.61. The third-order valence-corrected chi connectivity index (χ3v) is 6.75. The smallest absolute Gasteiger partial charge is 0.289 e. The highest BCUT2D eigenvalue weighted by Crippen LogP contribution is 2.38. The van der Waals surface area contributed by atoms with Crippen LogP contribution in [-0.2, 0) is 11.3 Å². The first-order valence-corrected chi connectivity index (χ1v) is 10.7. The van der Waals surface area contributed by atoms with Gasteiger partial charge in [-0.2, -0.15) is 5.10 Å². The predicted molar refractivity (Wildman–Crippen MR) is 106 cm³/mol. The Bertz CT molecular complexity index is 946. The van der Waals surface area contributed by atoms with E-state index >= 15 is 0 Å². The summed E-state index contributed by atoms with van der Waals surface area (Å²) in [6.45, 7) is 6.73. The number of likely N-dealkylation sites (tertiary alicyclic amines) is 1. The average molecular weight is 396 g/mol. The molecule has 0 aromatic carbocycles. The van der Waals surface area contributed by atoms with Crippen molar-refractivity contribution in [2.45, 2.75) is 52.1 Å². The largest absolute Gasteiger partial charge is 0.454 e. The minimum atomic E-state index is -0.0325. The lowest BCUT2D eigenvalue weighted by Gasteiger charge is -2.52. The second-order valence-electron chi connectivity index (χ2n) is 8.93. The van der Waals surface area contributed by atoms with E-state index in [4.69, 9.17) is 4.42 Å². The van der Waals surface area contributed by atoms with Crippen molar-refractivity contribution in [1.82, 2.24) is 19.6 Å². The Balaban J connectivity index is 1.29. The van der Waals surface area contributed by atoms with Crippen molar-refractivity contribution in [3.8, 4) is 0 Å². The molecule has 2 bridgehead atoms. The molecular formula is C22H28N4O3. The highest BCUT2D eigenvalue weighted by atomic mass is 16.4. The van der Waals surface area contributed by atoms with Crippen LogP contribution in [0.4, 0.5) is 0 Å². The molecule has 3 saturated heterocycles. The van der Waals surface area contributed by atoms with Crippen LogP contribution in [0.2, 0.25) is 0 Å². The van der Waals surface area contributed by atoms with E-state index in [0.717, 1.165) is 49.5 Å². The summed E-state index contributed by atoms with van der Waals surface area (Å²) in [6.07, 6.45) is 3.85. The normalized spacial score (nSPS) is 26.6. The van der Waals surface area contributed by atoms with E-state index in [2.05, 4.69) is 10.00 Å². The molecule has 0 unspecified atom stereocenters. The minimum Gasteiger partial charge on any atom is -0.454 e. The molecule has 0 radical (unpaired) electrons. The minimum absolute atomic E-state index is 0.0325. The number of aromatic nitrogens is 2. The zero-order valence-electron chi connectivity index (χ0n) is 17.1. The van der Waals surface area contributed by atoms with Gasteiger partial charge in [0, 0.05) is 37.8 Å². The molecular weight excluding hydrogens is 368 g/mol. The fourth-order valence-electron chi connectivity index (χ4n) is 5.49. The molecule has 154 valence electrons. The number of rotatable bonds is 3. The van der Waals surface area contributed by atoms with Crippen LogP contribution in [-0.4, -0.2) is 57.1 Å². The Morgan fingerprint density at radius 1 is 1.24 bits per heavy atom. The number of carbonyl (C=O) groups is 2. The maximum absolute atomic E-state index is 13.1. The number of hydrogen-bond acceptors (Lipinski definition) is 4. The molecule has 0 aliphatic carbocycles. The van der Waals surface area contributed by atoms with Gasteiger partial charge in [0.2, 0.25) is 5.91 Å². The van der Waals surface area contributed by atoms with Gasteiger partial charge in [0.1, 0.15) is 5.76 Å². The number of carbonyl (C=O) groups excluding carboxylic acids is 2. The van der Waals surface area contributed by atoms with Gasteiger partial charge >= 0.3 is 0 Å². The second kappa shape index (κ2) is 7.04. The molecule has 2 aromatic heterocycles. The Morgan fingerprint density at radius 3 is 2.90 bits per heavy atom. The number of hydrogen-bond donors (Lipinski definition) is 0. The molecule has 3 aliphatic rings. The summed E-state index contributed by atoms with van der Waals surface area (Å²) in [5, 5.41) is 4.46. The standard InChI is InChI=1S/C22H28N4O3/c1-14-8-15(2)26(23-14)13-18-6-7-20(29-18)22(28)24-10-16-9-17(12-24)19-4-3-5-21(27)25(19)11-16/h6-8,16-17,19H,3-5,9-13H2,1-2H3/t16-,17-,19-/m1/s1. The molecule has 0 spiro atoms. The number of nitrogens with zero attached hydrogens (tertiary/aromatic N) is 4. The van der Waals surface area contributed by atoms with Crippen molar-refractivity contribution in [1.29, 1.82) is 0 Å². The zero-order chi connectivity index (χ0) is 20.1. The molecule has 29 heavy (non-hydrogen) atoms. The first kappa shape index (κ1) is 18.5. The van der Waals surface area contributed by atoms with Crippen LogP contribution < -0.4 is 0 Å². The Hall–Kier alpha value is -2.57. The number of aryl methyl sites for hydroxylation is 2. The Kier molecular flexibility index (Phi) is 4.48. The zero-order valence-corrected chi connectivity index (χ0v) is 17.1. The molecule has 3 aliphatic heterocycles. The van der Waals surface area contributed by atoms with E-state index in [-0.39, 0.29) is 5.91 Å². The average Bonchev–Trinajstić information content (AvgIpc) is 3.28. The summed E-state index contributed by atoms with van der Waals surface area (Å²) >= 11 is 0. The lowest BCUT2D eigenvalue weighted by Crippen LogP contribution is -2.61. The first-order chi connectivity index (χ1) is 14.0. The number of furan rings is 1. The summed E-state index contributed by atoms with van der Waals surface area (Å²) in [4.78, 5) is 29.5. The molecule has 3 fully saturated rings. The van der Waals surface area contributed by atoms with E-state index in [1.807, 2.05) is 35.6 Å². The fourth-order valence-corrected chi connectivity index (χ4v) is 5.49. The van der Waals surface area contributed by atoms with E-state index in [0.29, 0.717) is 49.1 Å². The van der Waals surface area contributed by atoms with Crippen LogP contribution in [0.3, 0.4) is 0 Å². The maximum atomic E-state index is 13.1. The topological polar surface area (TPSA) is 71.6 Å². The van der Waals surface area contributed by atoms with Crippen LogP contribution in [0, 0.1) is 25.7 Å². The van der Waals surface area contributed by atoms with Crippen LogP contribution in [0.1, 0.15) is 53.4 Å². The number of fused-ring (bicyclic) bond motifs is 4. The van der Waals surface area contributed by atoms with Gasteiger partial charge in [0.05, 0.1) is 12.2 Å². The van der Waals surface area contributed by atoms with Gasteiger partial charge in [-0.3, -0.25) is 14.3 Å². The van der Waals surface area contributed by atoms with E-state index in [1.54, 1.807) is 6.07 Å². The van der Waals surface area contributed by atoms with Crippen molar-refractivity contribution in [3.63, 3.8) is 0 Å². The van der Waals surface area contributed by atoms with Crippen molar-refractivity contribution in [2.75, 3.05) is 19.6 Å². The van der Waals surface area contributed by atoms with Crippen molar-refractivity contribution >= 4 is 11.8 Å². The van der Waals surface area contributed by atoms with Crippen molar-refractivity contribution < 1.29 is 14.0 Å². The fraction of sp³-hybridized carbons (Fsp3) is 0.591. The van der Waals surface area contributed by atoms with Gasteiger partial charge in [-0.15, -0.1) is 0 Å². The molecule has 2 aromatic rings. The van der Waals surface area contributed by atoms with Gasteiger partial charge < -0.3 is 14.2 Å². The summed E-state index contributed by atoms with van der Waals surface area (Å²) in [6, 6.07) is 5.99. The molecule has 0 saturated carbocycles. The van der Waals surface area contributed by atoms with E-state index in [9.17, 15) is 9.59 Å². The molecule has 7 nitrogen and oxygen atoms in total. The van der Waals surface area contributed by atoms with Crippen LogP contribution in [0.25, 0.3) is 0 Å². The Labute approximate surface area is 170 Å². The van der Waals surface area contributed by atoms with Gasteiger partial charge in [0.15, 0.2) is 5.76 Å². The maximum Gasteiger partial charge on any atom is 0.289 e. The third-order valence-electron chi connectivity index (χ3n) is 6.75. The SMILES string of the molecule is Cc1cc(C)n(Cc2ccc(C(=O)N3C[C@H]4C[C@H](C3)[C@H]3CCCC(=O)N3C4)o2)n1. The van der Waals surface area contributed by atoms with Crippen LogP contribution in [0.5, 0.6) is 0 Å². The van der Waals surface area contributed by atoms with Crippen molar-refractivity contribution in [3.05, 3.63) is 41.1 Å². The molecule has 5 heterocycles. The quantitative estimate of drug-likeness (QED) is 0.800. The van der Waals surface area contributed by atoms with Gasteiger partial charge in [0.25, 0.3) is 5.91 Å². The lowest BCUT2D eigenvalue weighted by atomic mass is 9.76.